The molecule has 0 atom stereocenters. The minimum Gasteiger partial charge on any atom is -0.457 e. The summed E-state index contributed by atoms with van der Waals surface area (Å²) in [5.74, 6) is -1.12. The van der Waals surface area contributed by atoms with Gasteiger partial charge in [0.1, 0.15) is 13.2 Å². The lowest BCUT2D eigenvalue weighted by molar-refractivity contribution is 0.0424. The van der Waals surface area contributed by atoms with Crippen molar-refractivity contribution < 1.29 is 19.1 Å². The average molecular weight is 386 g/mol. The Labute approximate surface area is 170 Å². The van der Waals surface area contributed by atoms with Gasteiger partial charge < -0.3 is 9.47 Å². The number of benzene rings is 3. The van der Waals surface area contributed by atoms with Crippen molar-refractivity contribution in [1.29, 1.82) is 0 Å². The molecule has 0 aromatic heterocycles. The first-order chi connectivity index (χ1) is 14.2. The van der Waals surface area contributed by atoms with Gasteiger partial charge in [0.15, 0.2) is 0 Å². The predicted octanol–water partition coefficient (Wildman–Crippen LogP) is 5.13. The van der Waals surface area contributed by atoms with Crippen molar-refractivity contribution in [3.05, 3.63) is 119 Å². The molecular weight excluding hydrogens is 364 g/mol. The predicted molar refractivity (Wildman–Crippen MR) is 111 cm³/mol. The van der Waals surface area contributed by atoms with Crippen molar-refractivity contribution in [2.24, 2.45) is 0 Å². The highest BCUT2D eigenvalue weighted by molar-refractivity contribution is 6.04. The average Bonchev–Trinajstić information content (AvgIpc) is 2.77. The lowest BCUT2D eigenvalue weighted by Crippen LogP contribution is -2.16. The topological polar surface area (TPSA) is 52.6 Å². The van der Waals surface area contributed by atoms with E-state index in [1.54, 1.807) is 24.3 Å². The quantitative estimate of drug-likeness (QED) is 0.398. The van der Waals surface area contributed by atoms with E-state index in [4.69, 9.17) is 9.47 Å². The van der Waals surface area contributed by atoms with E-state index in [1.165, 1.54) is 0 Å². The molecule has 0 heterocycles. The number of ether oxygens (including phenoxy) is 2. The SMILES string of the molecule is C=CCc1cccc(C(=O)OCc2ccccc2)c1C(=O)OCc1ccccc1. The van der Waals surface area contributed by atoms with Gasteiger partial charge in [0.05, 0.1) is 11.1 Å². The smallest absolute Gasteiger partial charge is 0.339 e. The molecule has 0 saturated heterocycles. The fourth-order valence-corrected chi connectivity index (χ4v) is 2.93. The minimum atomic E-state index is -0.563. The van der Waals surface area contributed by atoms with Crippen LogP contribution < -0.4 is 0 Å². The van der Waals surface area contributed by atoms with Crippen molar-refractivity contribution >= 4 is 11.9 Å². The second-order valence-electron chi connectivity index (χ2n) is 6.46. The maximum absolute atomic E-state index is 12.8. The first-order valence-electron chi connectivity index (χ1n) is 9.34. The fourth-order valence-electron chi connectivity index (χ4n) is 2.93. The molecule has 0 fully saturated rings. The van der Waals surface area contributed by atoms with Crippen LogP contribution in [0, 0.1) is 0 Å². The molecule has 0 N–H and O–H groups in total. The summed E-state index contributed by atoms with van der Waals surface area (Å²) >= 11 is 0. The van der Waals surface area contributed by atoms with Crippen LogP contribution in [0.4, 0.5) is 0 Å². The highest BCUT2D eigenvalue weighted by Gasteiger charge is 2.23. The van der Waals surface area contributed by atoms with Crippen LogP contribution in [-0.2, 0) is 29.1 Å². The van der Waals surface area contributed by atoms with Crippen LogP contribution in [0.5, 0.6) is 0 Å². The molecule has 0 spiro atoms. The third kappa shape index (κ3) is 5.42. The summed E-state index contributed by atoms with van der Waals surface area (Å²) in [6.45, 7) is 3.99. The number of hydrogen-bond donors (Lipinski definition) is 0. The minimum absolute atomic E-state index is 0.126. The Balaban J connectivity index is 1.80. The van der Waals surface area contributed by atoms with Gasteiger partial charge in [-0.15, -0.1) is 6.58 Å². The summed E-state index contributed by atoms with van der Waals surface area (Å²) in [4.78, 5) is 25.6. The summed E-state index contributed by atoms with van der Waals surface area (Å²) in [6, 6.07) is 23.9. The van der Waals surface area contributed by atoms with Crippen LogP contribution in [-0.4, -0.2) is 11.9 Å². The summed E-state index contributed by atoms with van der Waals surface area (Å²) in [7, 11) is 0. The van der Waals surface area contributed by atoms with Gasteiger partial charge in [0.2, 0.25) is 0 Å². The van der Waals surface area contributed by atoms with E-state index >= 15 is 0 Å². The monoisotopic (exact) mass is 386 g/mol. The molecule has 0 radical (unpaired) electrons. The molecule has 0 aliphatic heterocycles. The third-order valence-corrected chi connectivity index (χ3v) is 4.36. The molecule has 3 rings (SSSR count). The Hall–Kier alpha value is -3.66. The largest absolute Gasteiger partial charge is 0.457 e. The second kappa shape index (κ2) is 10.0. The number of esters is 2. The first kappa shape index (κ1) is 20.1. The Morgan fingerprint density at radius 2 is 1.28 bits per heavy atom. The molecule has 29 heavy (non-hydrogen) atoms. The maximum Gasteiger partial charge on any atom is 0.339 e. The van der Waals surface area contributed by atoms with Gasteiger partial charge in [0, 0.05) is 0 Å². The fraction of sp³-hybridized carbons (Fsp3) is 0.120. The van der Waals surface area contributed by atoms with Crippen LogP contribution in [0.3, 0.4) is 0 Å². The molecular formula is C25H22O4. The normalized spacial score (nSPS) is 10.2. The van der Waals surface area contributed by atoms with E-state index in [1.807, 2.05) is 60.7 Å². The molecule has 0 aliphatic carbocycles. The van der Waals surface area contributed by atoms with Crippen LogP contribution >= 0.6 is 0 Å². The molecule has 0 unspecified atom stereocenters. The van der Waals surface area contributed by atoms with Gasteiger partial charge in [-0.05, 0) is 29.2 Å². The zero-order valence-electron chi connectivity index (χ0n) is 16.0. The Morgan fingerprint density at radius 3 is 1.83 bits per heavy atom. The lowest BCUT2D eigenvalue weighted by Gasteiger charge is -2.13. The first-order valence-corrected chi connectivity index (χ1v) is 9.34. The van der Waals surface area contributed by atoms with Crippen molar-refractivity contribution in [2.45, 2.75) is 19.6 Å². The maximum atomic E-state index is 12.8. The molecule has 3 aromatic carbocycles. The molecule has 0 amide bonds. The standard InChI is InChI=1S/C25H22O4/c1-2-10-21-15-9-16-22(24(26)28-17-19-11-5-3-6-12-19)23(21)25(27)29-18-20-13-7-4-8-14-20/h2-9,11-16H,1,10,17-18H2. The number of carbonyl (C=O) groups excluding carboxylic acids is 2. The Kier molecular flexibility index (Phi) is 6.95. The molecule has 0 aliphatic rings. The lowest BCUT2D eigenvalue weighted by atomic mass is 9.98. The number of allylic oxidation sites excluding steroid dienone is 1. The Bertz CT molecular complexity index is 978. The van der Waals surface area contributed by atoms with Crippen LogP contribution in [0.25, 0.3) is 0 Å². The van der Waals surface area contributed by atoms with Crippen molar-refractivity contribution in [3.8, 4) is 0 Å². The van der Waals surface area contributed by atoms with Gasteiger partial charge in [-0.3, -0.25) is 0 Å². The highest BCUT2D eigenvalue weighted by atomic mass is 16.5. The molecule has 3 aromatic rings. The Morgan fingerprint density at radius 1 is 0.724 bits per heavy atom. The van der Waals surface area contributed by atoms with E-state index < -0.39 is 11.9 Å². The molecule has 146 valence electrons. The van der Waals surface area contributed by atoms with Gasteiger partial charge in [-0.25, -0.2) is 9.59 Å². The zero-order valence-corrected chi connectivity index (χ0v) is 16.0. The van der Waals surface area contributed by atoms with Gasteiger partial charge >= 0.3 is 11.9 Å². The van der Waals surface area contributed by atoms with E-state index in [-0.39, 0.29) is 24.3 Å². The summed E-state index contributed by atoms with van der Waals surface area (Å²) in [5.41, 5.74) is 2.83. The van der Waals surface area contributed by atoms with E-state index in [2.05, 4.69) is 6.58 Å². The molecule has 4 heteroatoms. The van der Waals surface area contributed by atoms with Gasteiger partial charge in [0.25, 0.3) is 0 Å². The van der Waals surface area contributed by atoms with Crippen molar-refractivity contribution in [3.63, 3.8) is 0 Å². The third-order valence-electron chi connectivity index (χ3n) is 4.36. The number of carbonyl (C=O) groups is 2. The number of hydrogen-bond acceptors (Lipinski definition) is 4. The van der Waals surface area contributed by atoms with Crippen LogP contribution in [0.1, 0.15) is 37.4 Å². The molecule has 4 nitrogen and oxygen atoms in total. The highest BCUT2D eigenvalue weighted by Crippen LogP contribution is 2.20. The summed E-state index contributed by atoms with van der Waals surface area (Å²) in [6.07, 6.45) is 2.12. The number of rotatable bonds is 8. The molecule has 0 bridgehead atoms. The van der Waals surface area contributed by atoms with E-state index in [0.717, 1.165) is 11.1 Å². The van der Waals surface area contributed by atoms with Crippen LogP contribution in [0.15, 0.2) is 91.5 Å². The van der Waals surface area contributed by atoms with Gasteiger partial charge in [-0.2, -0.15) is 0 Å². The van der Waals surface area contributed by atoms with E-state index in [9.17, 15) is 9.59 Å². The molecule has 0 saturated carbocycles. The second-order valence-corrected chi connectivity index (χ2v) is 6.46. The van der Waals surface area contributed by atoms with Crippen LogP contribution in [0.2, 0.25) is 0 Å². The zero-order chi connectivity index (χ0) is 20.5. The van der Waals surface area contributed by atoms with Gasteiger partial charge in [-0.1, -0.05) is 78.9 Å². The van der Waals surface area contributed by atoms with Crippen molar-refractivity contribution in [2.75, 3.05) is 0 Å². The van der Waals surface area contributed by atoms with Crippen molar-refractivity contribution in [1.82, 2.24) is 0 Å². The van der Waals surface area contributed by atoms with E-state index in [0.29, 0.717) is 12.0 Å². The summed E-state index contributed by atoms with van der Waals surface area (Å²) in [5, 5.41) is 0. The summed E-state index contributed by atoms with van der Waals surface area (Å²) < 4.78 is 10.9.